The van der Waals surface area contributed by atoms with E-state index in [1.807, 2.05) is 0 Å². The summed E-state index contributed by atoms with van der Waals surface area (Å²) < 4.78 is 0. The summed E-state index contributed by atoms with van der Waals surface area (Å²) in [5.74, 6) is 0. The van der Waals surface area contributed by atoms with Gasteiger partial charge in [0.2, 0.25) is 0 Å². The highest BCUT2D eigenvalue weighted by atomic mass is 14.5. The Kier molecular flexibility index (Phi) is 4.24. The Bertz CT molecular complexity index is 170. The fraction of sp³-hybridized carbons (Fsp3) is 1.00. The molecule has 0 bridgehead atoms. The van der Waals surface area contributed by atoms with E-state index in [2.05, 4.69) is 55.4 Å². The zero-order chi connectivity index (χ0) is 11.6. The van der Waals surface area contributed by atoms with Crippen LogP contribution in [-0.4, -0.2) is 0 Å². The molecule has 14 heavy (non-hydrogen) atoms. The Balaban J connectivity index is 5.10. The van der Waals surface area contributed by atoms with Crippen LogP contribution in [0.25, 0.3) is 0 Å². The maximum Gasteiger partial charge on any atom is -0.0249 e. The molecule has 0 aliphatic heterocycles. The van der Waals surface area contributed by atoms with Crippen LogP contribution in [0, 0.1) is 16.2 Å². The number of hydrogen-bond donors (Lipinski definition) is 0. The first-order valence-electron chi connectivity index (χ1n) is 6.18. The summed E-state index contributed by atoms with van der Waals surface area (Å²) in [4.78, 5) is 0. The molecule has 0 saturated carbocycles. The summed E-state index contributed by atoms with van der Waals surface area (Å²) in [5.41, 5.74) is 1.29. The molecular formula is C14H30. The van der Waals surface area contributed by atoms with E-state index < -0.39 is 0 Å². The van der Waals surface area contributed by atoms with Crippen LogP contribution in [0.1, 0.15) is 74.7 Å². The molecule has 0 atom stereocenters. The van der Waals surface area contributed by atoms with E-state index >= 15 is 0 Å². The van der Waals surface area contributed by atoms with Gasteiger partial charge in [-0.05, 0) is 16.2 Å². The van der Waals surface area contributed by atoms with Gasteiger partial charge in [-0.25, -0.2) is 0 Å². The number of hydrogen-bond acceptors (Lipinski definition) is 0. The normalized spacial score (nSPS) is 14.6. The minimum Gasteiger partial charge on any atom is -0.0649 e. The lowest BCUT2D eigenvalue weighted by Crippen LogP contribution is -2.45. The van der Waals surface area contributed by atoms with Crippen LogP contribution >= 0.6 is 0 Å². The first-order valence-corrected chi connectivity index (χ1v) is 6.18. The van der Waals surface area contributed by atoms with Gasteiger partial charge in [-0.15, -0.1) is 0 Å². The predicted octanol–water partition coefficient (Wildman–Crippen LogP) is 5.28. The third kappa shape index (κ3) is 1.99. The molecule has 0 N–H and O–H groups in total. The highest BCUT2D eigenvalue weighted by molar-refractivity contribution is 4.96. The molecule has 0 amide bonds. The molecule has 0 heterocycles. The molecule has 0 fully saturated rings. The second-order valence-electron chi connectivity index (χ2n) is 6.13. The van der Waals surface area contributed by atoms with Gasteiger partial charge < -0.3 is 0 Å². The van der Waals surface area contributed by atoms with Crippen molar-refractivity contribution < 1.29 is 0 Å². The van der Waals surface area contributed by atoms with Crippen LogP contribution in [0.15, 0.2) is 0 Å². The SMILES string of the molecule is CCC(C)(C)C(C)(C)C(C)(CC)CC. The van der Waals surface area contributed by atoms with Crippen molar-refractivity contribution in [2.24, 2.45) is 16.2 Å². The van der Waals surface area contributed by atoms with Crippen molar-refractivity contribution in [1.82, 2.24) is 0 Å². The van der Waals surface area contributed by atoms with Gasteiger partial charge in [-0.2, -0.15) is 0 Å². The molecule has 0 nitrogen and oxygen atoms in total. The van der Waals surface area contributed by atoms with Gasteiger partial charge in [0.15, 0.2) is 0 Å². The van der Waals surface area contributed by atoms with Crippen molar-refractivity contribution in [2.45, 2.75) is 74.7 Å². The smallest absolute Gasteiger partial charge is 0.0249 e. The Labute approximate surface area is 91.5 Å². The standard InChI is InChI=1S/C14H30/c1-9-12(4,5)13(6,7)14(8,10-2)11-3/h9-11H2,1-8H3. The Hall–Kier alpha value is 0. The summed E-state index contributed by atoms with van der Waals surface area (Å²) in [6.45, 7) is 19.1. The quantitative estimate of drug-likeness (QED) is 0.564. The molecule has 0 saturated heterocycles. The minimum absolute atomic E-state index is 0.401. The molecular weight excluding hydrogens is 168 g/mol. The fourth-order valence-corrected chi connectivity index (χ4v) is 2.39. The van der Waals surface area contributed by atoms with Crippen LogP contribution in [0.2, 0.25) is 0 Å². The molecule has 0 radical (unpaired) electrons. The summed E-state index contributed by atoms with van der Waals surface area (Å²) in [7, 11) is 0. The summed E-state index contributed by atoms with van der Waals surface area (Å²) >= 11 is 0. The molecule has 0 rings (SSSR count). The van der Waals surface area contributed by atoms with Crippen molar-refractivity contribution in [2.75, 3.05) is 0 Å². The molecule has 0 aromatic heterocycles. The van der Waals surface area contributed by atoms with Crippen molar-refractivity contribution in [3.05, 3.63) is 0 Å². The van der Waals surface area contributed by atoms with E-state index in [0.717, 1.165) is 0 Å². The third-order valence-electron chi connectivity index (χ3n) is 5.65. The van der Waals surface area contributed by atoms with Gasteiger partial charge in [0.05, 0.1) is 0 Å². The van der Waals surface area contributed by atoms with Crippen molar-refractivity contribution >= 4 is 0 Å². The summed E-state index contributed by atoms with van der Waals surface area (Å²) in [5, 5.41) is 0. The van der Waals surface area contributed by atoms with Crippen LogP contribution < -0.4 is 0 Å². The molecule has 0 aliphatic rings. The largest absolute Gasteiger partial charge is 0.0649 e. The van der Waals surface area contributed by atoms with Crippen LogP contribution in [0.4, 0.5) is 0 Å². The monoisotopic (exact) mass is 198 g/mol. The highest BCUT2D eigenvalue weighted by Crippen LogP contribution is 2.55. The van der Waals surface area contributed by atoms with Gasteiger partial charge in [0.1, 0.15) is 0 Å². The second-order valence-corrected chi connectivity index (χ2v) is 6.13. The van der Waals surface area contributed by atoms with Crippen molar-refractivity contribution in [1.29, 1.82) is 0 Å². The average Bonchev–Trinajstić information content (AvgIpc) is 2.15. The predicted molar refractivity (Wildman–Crippen MR) is 66.5 cm³/mol. The first kappa shape index (κ1) is 14.0. The van der Waals surface area contributed by atoms with Crippen molar-refractivity contribution in [3.63, 3.8) is 0 Å². The van der Waals surface area contributed by atoms with Gasteiger partial charge in [-0.3, -0.25) is 0 Å². The maximum atomic E-state index is 2.45. The second kappa shape index (κ2) is 4.24. The lowest BCUT2D eigenvalue weighted by Gasteiger charge is -2.53. The molecule has 0 aromatic carbocycles. The van der Waals surface area contributed by atoms with E-state index in [9.17, 15) is 0 Å². The molecule has 0 aliphatic carbocycles. The van der Waals surface area contributed by atoms with Crippen LogP contribution in [0.3, 0.4) is 0 Å². The summed E-state index contributed by atoms with van der Waals surface area (Å²) in [6, 6.07) is 0. The molecule has 0 unspecified atom stereocenters. The lowest BCUT2D eigenvalue weighted by atomic mass is 9.52. The molecule has 0 heteroatoms. The van der Waals surface area contributed by atoms with Crippen molar-refractivity contribution in [3.8, 4) is 0 Å². The Morgan fingerprint density at radius 1 is 0.643 bits per heavy atom. The van der Waals surface area contributed by atoms with E-state index in [0.29, 0.717) is 16.2 Å². The maximum absolute atomic E-state index is 2.45. The zero-order valence-corrected chi connectivity index (χ0v) is 11.6. The van der Waals surface area contributed by atoms with Crippen LogP contribution in [-0.2, 0) is 0 Å². The number of rotatable bonds is 5. The molecule has 86 valence electrons. The van der Waals surface area contributed by atoms with E-state index in [1.54, 1.807) is 0 Å². The van der Waals surface area contributed by atoms with Gasteiger partial charge in [-0.1, -0.05) is 74.7 Å². The first-order chi connectivity index (χ1) is 6.18. The summed E-state index contributed by atoms with van der Waals surface area (Å²) in [6.07, 6.45) is 3.81. The van der Waals surface area contributed by atoms with Gasteiger partial charge >= 0.3 is 0 Å². The van der Waals surface area contributed by atoms with Gasteiger partial charge in [0, 0.05) is 0 Å². The van der Waals surface area contributed by atoms with Crippen LogP contribution in [0.5, 0.6) is 0 Å². The highest BCUT2D eigenvalue weighted by Gasteiger charge is 2.47. The molecule has 0 spiro atoms. The van der Waals surface area contributed by atoms with E-state index in [4.69, 9.17) is 0 Å². The molecule has 0 aromatic rings. The third-order valence-corrected chi connectivity index (χ3v) is 5.65. The van der Waals surface area contributed by atoms with E-state index in [-0.39, 0.29) is 0 Å². The topological polar surface area (TPSA) is 0 Å². The average molecular weight is 198 g/mol. The van der Waals surface area contributed by atoms with Gasteiger partial charge in [0.25, 0.3) is 0 Å². The lowest BCUT2D eigenvalue weighted by molar-refractivity contribution is -0.0391. The minimum atomic E-state index is 0.401. The van der Waals surface area contributed by atoms with E-state index in [1.165, 1.54) is 19.3 Å². The Morgan fingerprint density at radius 2 is 1.00 bits per heavy atom. The Morgan fingerprint density at radius 3 is 1.21 bits per heavy atom. The fourth-order valence-electron chi connectivity index (χ4n) is 2.39. The zero-order valence-electron chi connectivity index (χ0n) is 11.6.